The van der Waals surface area contributed by atoms with E-state index in [2.05, 4.69) is 42.0 Å². The molecule has 0 fully saturated rings. The highest BCUT2D eigenvalue weighted by atomic mass is 79.9. The van der Waals surface area contributed by atoms with Crippen molar-refractivity contribution in [2.75, 3.05) is 5.88 Å². The zero-order valence-electron chi connectivity index (χ0n) is 11.9. The predicted molar refractivity (Wildman–Crippen MR) is 84.9 cm³/mol. The van der Waals surface area contributed by atoms with Crippen molar-refractivity contribution < 1.29 is 4.79 Å². The highest BCUT2D eigenvalue weighted by molar-refractivity contribution is 9.10. The van der Waals surface area contributed by atoms with Gasteiger partial charge in [0.05, 0.1) is 0 Å². The molecule has 1 aromatic carbocycles. The van der Waals surface area contributed by atoms with Gasteiger partial charge in [0, 0.05) is 22.0 Å². The van der Waals surface area contributed by atoms with Crippen molar-refractivity contribution in [3.8, 4) is 0 Å². The molecule has 106 valence electrons. The van der Waals surface area contributed by atoms with Crippen molar-refractivity contribution in [2.45, 2.75) is 40.2 Å². The van der Waals surface area contributed by atoms with Crippen molar-refractivity contribution in [2.24, 2.45) is 5.41 Å². The third-order valence-corrected chi connectivity index (χ3v) is 3.89. The maximum Gasteiger partial charge on any atom is 0.251 e. The summed E-state index contributed by atoms with van der Waals surface area (Å²) in [6, 6.07) is 5.74. The number of benzene rings is 1. The maximum absolute atomic E-state index is 12.3. The van der Waals surface area contributed by atoms with Gasteiger partial charge in [0.15, 0.2) is 0 Å². The second-order valence-electron chi connectivity index (χ2n) is 5.83. The van der Waals surface area contributed by atoms with E-state index in [9.17, 15) is 4.79 Å². The molecule has 1 unspecified atom stereocenters. The molecule has 1 N–H and O–H groups in total. The Bertz CT molecular complexity index is 454. The molecule has 1 aromatic rings. The lowest BCUT2D eigenvalue weighted by atomic mass is 9.85. The summed E-state index contributed by atoms with van der Waals surface area (Å²) in [4.78, 5) is 12.3. The molecule has 0 bridgehead atoms. The van der Waals surface area contributed by atoms with E-state index >= 15 is 0 Å². The minimum absolute atomic E-state index is 0.00613. The van der Waals surface area contributed by atoms with Crippen LogP contribution in [0.15, 0.2) is 22.7 Å². The number of nitrogens with one attached hydrogen (secondary N) is 1. The molecule has 2 nitrogen and oxygen atoms in total. The number of alkyl halides is 1. The largest absolute Gasteiger partial charge is 0.349 e. The van der Waals surface area contributed by atoms with Gasteiger partial charge in [-0.1, -0.05) is 36.7 Å². The lowest BCUT2D eigenvalue weighted by molar-refractivity contribution is 0.0900. The van der Waals surface area contributed by atoms with Gasteiger partial charge in [-0.15, -0.1) is 11.6 Å². The van der Waals surface area contributed by atoms with Crippen molar-refractivity contribution in [3.05, 3.63) is 33.8 Å². The Hall–Kier alpha value is -0.540. The fourth-order valence-electron chi connectivity index (χ4n) is 1.95. The third-order valence-electron chi connectivity index (χ3n) is 3.18. The van der Waals surface area contributed by atoms with Gasteiger partial charge in [0.25, 0.3) is 5.91 Å². The number of hydrogen-bond donors (Lipinski definition) is 1. The molecule has 19 heavy (non-hydrogen) atoms. The summed E-state index contributed by atoms with van der Waals surface area (Å²) in [5.41, 5.74) is 1.67. The van der Waals surface area contributed by atoms with Crippen LogP contribution in [0.4, 0.5) is 0 Å². The summed E-state index contributed by atoms with van der Waals surface area (Å²) in [6.45, 7) is 8.27. The number of rotatable bonds is 4. The van der Waals surface area contributed by atoms with Gasteiger partial charge in [-0.05, 0) is 42.5 Å². The number of hydrogen-bond acceptors (Lipinski definition) is 1. The third kappa shape index (κ3) is 4.81. The molecule has 1 atom stereocenters. The number of halogens is 2. The Morgan fingerprint density at radius 3 is 2.53 bits per heavy atom. The topological polar surface area (TPSA) is 29.1 Å². The summed E-state index contributed by atoms with van der Waals surface area (Å²) < 4.78 is 0.981. The van der Waals surface area contributed by atoms with Gasteiger partial charge in [0.2, 0.25) is 0 Å². The molecule has 0 aliphatic rings. The first kappa shape index (κ1) is 16.5. The van der Waals surface area contributed by atoms with E-state index in [-0.39, 0.29) is 17.4 Å². The number of aryl methyl sites for hydroxylation is 1. The van der Waals surface area contributed by atoms with Crippen LogP contribution in [0.2, 0.25) is 0 Å². The van der Waals surface area contributed by atoms with Crippen LogP contribution in [0.5, 0.6) is 0 Å². The molecule has 0 aliphatic carbocycles. The normalized spacial score (nSPS) is 13.2. The van der Waals surface area contributed by atoms with E-state index < -0.39 is 0 Å². The van der Waals surface area contributed by atoms with Crippen molar-refractivity contribution in [1.29, 1.82) is 0 Å². The van der Waals surface area contributed by atoms with Crippen LogP contribution in [-0.4, -0.2) is 17.8 Å². The number of carbonyl (C=O) groups excluding carboxylic acids is 1. The first-order valence-electron chi connectivity index (χ1n) is 6.38. The molecule has 0 radical (unpaired) electrons. The molecule has 0 aliphatic heterocycles. The van der Waals surface area contributed by atoms with E-state index in [1.807, 2.05) is 25.1 Å². The molecule has 0 heterocycles. The average molecular weight is 347 g/mol. The van der Waals surface area contributed by atoms with Gasteiger partial charge < -0.3 is 5.32 Å². The van der Waals surface area contributed by atoms with Crippen LogP contribution in [0, 0.1) is 12.3 Å². The molecule has 1 amide bonds. The summed E-state index contributed by atoms with van der Waals surface area (Å²) in [6.07, 6.45) is 0.770. The molecular formula is C15H21BrClNO. The van der Waals surface area contributed by atoms with Gasteiger partial charge in [-0.3, -0.25) is 4.79 Å². The van der Waals surface area contributed by atoms with Crippen molar-refractivity contribution in [3.63, 3.8) is 0 Å². The van der Waals surface area contributed by atoms with E-state index in [1.165, 1.54) is 0 Å². The van der Waals surface area contributed by atoms with Crippen LogP contribution >= 0.6 is 27.5 Å². The lowest BCUT2D eigenvalue weighted by Crippen LogP contribution is -2.44. The van der Waals surface area contributed by atoms with Gasteiger partial charge >= 0.3 is 0 Å². The Morgan fingerprint density at radius 1 is 1.42 bits per heavy atom. The Labute approximate surface area is 129 Å². The average Bonchev–Trinajstić information content (AvgIpc) is 2.26. The Balaban J connectivity index is 2.88. The molecule has 0 saturated carbocycles. The van der Waals surface area contributed by atoms with E-state index in [4.69, 9.17) is 11.6 Å². The minimum Gasteiger partial charge on any atom is -0.349 e. The second kappa shape index (κ2) is 6.76. The fourth-order valence-corrected chi connectivity index (χ4v) is 2.64. The quantitative estimate of drug-likeness (QED) is 0.797. The Kier molecular flexibility index (Phi) is 5.87. The molecular weight excluding hydrogens is 326 g/mol. The van der Waals surface area contributed by atoms with E-state index in [1.54, 1.807) is 0 Å². The first-order valence-corrected chi connectivity index (χ1v) is 7.71. The van der Waals surface area contributed by atoms with Crippen molar-refractivity contribution >= 4 is 33.4 Å². The summed E-state index contributed by atoms with van der Waals surface area (Å²) >= 11 is 9.23. The van der Waals surface area contributed by atoms with Crippen LogP contribution in [0.25, 0.3) is 0 Å². The van der Waals surface area contributed by atoms with Gasteiger partial charge in [-0.2, -0.15) is 0 Å². The molecule has 0 spiro atoms. The smallest absolute Gasteiger partial charge is 0.251 e. The highest BCUT2D eigenvalue weighted by Gasteiger charge is 2.26. The fraction of sp³-hybridized carbons (Fsp3) is 0.533. The Morgan fingerprint density at radius 2 is 2.05 bits per heavy atom. The van der Waals surface area contributed by atoms with E-state index in [0.717, 1.165) is 16.5 Å². The van der Waals surface area contributed by atoms with Gasteiger partial charge in [0.1, 0.15) is 0 Å². The van der Waals surface area contributed by atoms with Gasteiger partial charge in [-0.25, -0.2) is 0 Å². The van der Waals surface area contributed by atoms with Crippen molar-refractivity contribution in [1.82, 2.24) is 5.32 Å². The number of amides is 1. The predicted octanol–water partition coefficient (Wildman–Crippen LogP) is 4.53. The SMILES string of the molecule is Cc1cc(Br)ccc1C(=O)NC(CCCl)C(C)(C)C. The lowest BCUT2D eigenvalue weighted by Gasteiger charge is -2.31. The molecule has 1 rings (SSSR count). The maximum atomic E-state index is 12.3. The summed E-state index contributed by atoms with van der Waals surface area (Å²) in [7, 11) is 0. The summed E-state index contributed by atoms with van der Waals surface area (Å²) in [5.74, 6) is 0.511. The number of carbonyl (C=O) groups is 1. The highest BCUT2D eigenvalue weighted by Crippen LogP contribution is 2.23. The standard InChI is InChI=1S/C15H21BrClNO/c1-10-9-11(16)5-6-12(10)14(19)18-13(7-8-17)15(2,3)4/h5-6,9,13H,7-8H2,1-4H3,(H,18,19). The molecule has 4 heteroatoms. The van der Waals surface area contributed by atoms with Crippen LogP contribution in [-0.2, 0) is 0 Å². The first-order chi connectivity index (χ1) is 8.75. The molecule has 0 saturated heterocycles. The summed E-state index contributed by atoms with van der Waals surface area (Å²) in [5, 5.41) is 3.10. The zero-order chi connectivity index (χ0) is 14.6. The second-order valence-corrected chi connectivity index (χ2v) is 7.12. The monoisotopic (exact) mass is 345 g/mol. The molecule has 0 aromatic heterocycles. The zero-order valence-corrected chi connectivity index (χ0v) is 14.2. The van der Waals surface area contributed by atoms with Crippen LogP contribution < -0.4 is 5.32 Å². The van der Waals surface area contributed by atoms with E-state index in [0.29, 0.717) is 11.4 Å². The van der Waals surface area contributed by atoms with Crippen LogP contribution in [0.3, 0.4) is 0 Å². The van der Waals surface area contributed by atoms with Crippen LogP contribution in [0.1, 0.15) is 43.1 Å². The minimum atomic E-state index is -0.0324.